The average molecular weight is 380 g/mol. The molecular weight excluding hydrogens is 368 g/mol. The Morgan fingerprint density at radius 3 is 2.65 bits per heavy atom. The molecule has 134 valence electrons. The highest BCUT2D eigenvalue weighted by molar-refractivity contribution is 6.31. The van der Waals surface area contributed by atoms with Crippen LogP contribution in [-0.4, -0.2) is 32.7 Å². The van der Waals surface area contributed by atoms with Gasteiger partial charge in [0.15, 0.2) is 0 Å². The van der Waals surface area contributed by atoms with E-state index in [0.29, 0.717) is 21.8 Å². The fraction of sp³-hybridized carbons (Fsp3) is 0.125. The van der Waals surface area contributed by atoms with Gasteiger partial charge in [-0.2, -0.15) is 13.5 Å². The Balaban J connectivity index is 1.71. The molecule has 26 heavy (non-hydrogen) atoms. The van der Waals surface area contributed by atoms with Gasteiger partial charge < -0.3 is 10.1 Å². The number of halogens is 3. The van der Waals surface area contributed by atoms with E-state index >= 15 is 0 Å². The summed E-state index contributed by atoms with van der Waals surface area (Å²) < 4.78 is 29.9. The molecule has 1 N–H and O–H groups in total. The highest BCUT2D eigenvalue weighted by Gasteiger charge is 2.14. The fourth-order valence-electron chi connectivity index (χ4n) is 2.23. The Morgan fingerprint density at radius 2 is 2.00 bits per heavy atom. The predicted molar refractivity (Wildman–Crippen MR) is 88.4 cm³/mol. The summed E-state index contributed by atoms with van der Waals surface area (Å²) in [6.45, 7) is -2.69. The number of amides is 1. The molecule has 0 aliphatic carbocycles. The van der Waals surface area contributed by atoms with Crippen LogP contribution in [0.4, 0.5) is 8.78 Å². The number of carbonyl (C=O) groups excluding carboxylic acids is 1. The van der Waals surface area contributed by atoms with Crippen LogP contribution < -0.4 is 10.1 Å². The largest absolute Gasteiger partial charge is 0.435 e. The summed E-state index contributed by atoms with van der Waals surface area (Å²) in [5.74, 6) is -0.336. The molecule has 1 aromatic heterocycles. The van der Waals surface area contributed by atoms with Gasteiger partial charge in [-0.25, -0.2) is 0 Å². The number of rotatable bonds is 6. The maximum Gasteiger partial charge on any atom is 0.387 e. The molecule has 0 atom stereocenters. The van der Waals surface area contributed by atoms with Crippen LogP contribution in [-0.2, 0) is 6.54 Å². The molecule has 0 spiro atoms. The summed E-state index contributed by atoms with van der Waals surface area (Å²) in [4.78, 5) is 12.5. The van der Waals surface area contributed by atoms with E-state index < -0.39 is 6.61 Å². The van der Waals surface area contributed by atoms with Crippen molar-refractivity contribution >= 4 is 17.5 Å². The molecular formula is C16H12ClF2N5O2. The first-order valence-corrected chi connectivity index (χ1v) is 7.75. The van der Waals surface area contributed by atoms with E-state index in [1.807, 2.05) is 0 Å². The zero-order chi connectivity index (χ0) is 18.5. The number of nitrogens with zero attached hydrogens (tertiary/aromatic N) is 4. The standard InChI is InChI=1S/C16H12ClF2N5O2/c17-11-3-6-14(24-9-21-22-23-24)13(7-11)15(25)20-8-10-1-4-12(5-2-10)26-16(18)19/h1-7,9,16H,8H2,(H,20,25). The van der Waals surface area contributed by atoms with Gasteiger partial charge in [0.05, 0.1) is 11.3 Å². The van der Waals surface area contributed by atoms with Crippen LogP contribution in [0.15, 0.2) is 48.8 Å². The average Bonchev–Trinajstić information content (AvgIpc) is 3.15. The summed E-state index contributed by atoms with van der Waals surface area (Å²) in [5, 5.41) is 14.0. The van der Waals surface area contributed by atoms with Gasteiger partial charge in [0.2, 0.25) is 0 Å². The molecule has 3 aromatic rings. The molecule has 2 aromatic carbocycles. The van der Waals surface area contributed by atoms with Crippen LogP contribution >= 0.6 is 11.6 Å². The molecule has 0 radical (unpaired) electrons. The maximum atomic E-state index is 12.5. The van der Waals surface area contributed by atoms with E-state index in [4.69, 9.17) is 11.6 Å². The highest BCUT2D eigenvalue weighted by Crippen LogP contribution is 2.19. The van der Waals surface area contributed by atoms with Gasteiger partial charge in [0.25, 0.3) is 5.91 Å². The molecule has 0 aliphatic rings. The second-order valence-electron chi connectivity index (χ2n) is 5.12. The smallest absolute Gasteiger partial charge is 0.387 e. The SMILES string of the molecule is O=C(NCc1ccc(OC(F)F)cc1)c1cc(Cl)ccc1-n1cnnn1. The van der Waals surface area contributed by atoms with Crippen molar-refractivity contribution in [2.24, 2.45) is 0 Å². The number of hydrogen-bond donors (Lipinski definition) is 1. The first-order valence-electron chi connectivity index (χ1n) is 7.38. The predicted octanol–water partition coefficient (Wildman–Crippen LogP) is 2.85. The number of hydrogen-bond acceptors (Lipinski definition) is 5. The minimum Gasteiger partial charge on any atom is -0.435 e. The lowest BCUT2D eigenvalue weighted by Gasteiger charge is -2.10. The lowest BCUT2D eigenvalue weighted by atomic mass is 10.1. The Bertz CT molecular complexity index is 888. The Morgan fingerprint density at radius 1 is 1.23 bits per heavy atom. The summed E-state index contributed by atoms with van der Waals surface area (Å²) in [6, 6.07) is 10.7. The third-order valence-electron chi connectivity index (χ3n) is 3.40. The number of alkyl halides is 2. The van der Waals surface area contributed by atoms with E-state index in [9.17, 15) is 13.6 Å². The van der Waals surface area contributed by atoms with Crippen molar-refractivity contribution in [2.45, 2.75) is 13.2 Å². The molecule has 1 heterocycles. The van der Waals surface area contributed by atoms with E-state index in [1.54, 1.807) is 24.3 Å². The number of ether oxygens (including phenoxy) is 1. The third-order valence-corrected chi connectivity index (χ3v) is 3.64. The zero-order valence-electron chi connectivity index (χ0n) is 13.1. The summed E-state index contributed by atoms with van der Waals surface area (Å²) in [6.07, 6.45) is 1.36. The van der Waals surface area contributed by atoms with Gasteiger partial charge in [0.1, 0.15) is 12.1 Å². The fourth-order valence-corrected chi connectivity index (χ4v) is 2.40. The molecule has 3 rings (SSSR count). The number of aromatic nitrogens is 4. The number of tetrazole rings is 1. The maximum absolute atomic E-state index is 12.5. The molecule has 10 heteroatoms. The van der Waals surface area contributed by atoms with Crippen molar-refractivity contribution < 1.29 is 18.3 Å². The molecule has 0 saturated carbocycles. The van der Waals surface area contributed by atoms with E-state index in [-0.39, 0.29) is 18.2 Å². The minimum atomic E-state index is -2.88. The van der Waals surface area contributed by atoms with Crippen LogP contribution in [0.5, 0.6) is 5.75 Å². The number of carbonyl (C=O) groups is 1. The molecule has 1 amide bonds. The summed E-state index contributed by atoms with van der Waals surface area (Å²) in [5.41, 5.74) is 1.48. The van der Waals surface area contributed by atoms with E-state index in [2.05, 4.69) is 25.6 Å². The van der Waals surface area contributed by atoms with Gasteiger partial charge >= 0.3 is 6.61 Å². The topological polar surface area (TPSA) is 81.9 Å². The van der Waals surface area contributed by atoms with E-state index in [0.717, 1.165) is 0 Å². The van der Waals surface area contributed by atoms with Crippen molar-refractivity contribution in [2.75, 3.05) is 0 Å². The Kier molecular flexibility index (Phi) is 5.37. The lowest BCUT2D eigenvalue weighted by molar-refractivity contribution is -0.0498. The molecule has 0 saturated heterocycles. The number of nitrogens with one attached hydrogen (secondary N) is 1. The molecule has 0 aliphatic heterocycles. The van der Waals surface area contributed by atoms with Crippen LogP contribution in [0.2, 0.25) is 5.02 Å². The first kappa shape index (κ1) is 17.7. The monoisotopic (exact) mass is 379 g/mol. The Hall–Kier alpha value is -3.07. The zero-order valence-corrected chi connectivity index (χ0v) is 13.9. The molecule has 7 nitrogen and oxygen atoms in total. The second-order valence-corrected chi connectivity index (χ2v) is 5.56. The second kappa shape index (κ2) is 7.87. The molecule has 0 unspecified atom stereocenters. The van der Waals surface area contributed by atoms with Gasteiger partial charge in [0, 0.05) is 11.6 Å². The lowest BCUT2D eigenvalue weighted by Crippen LogP contribution is -2.24. The van der Waals surface area contributed by atoms with Crippen molar-refractivity contribution in [3.05, 3.63) is 64.9 Å². The first-order chi connectivity index (χ1) is 12.5. The van der Waals surface area contributed by atoms with Crippen LogP contribution in [0.1, 0.15) is 15.9 Å². The van der Waals surface area contributed by atoms with E-state index in [1.165, 1.54) is 29.2 Å². The van der Waals surface area contributed by atoms with Crippen molar-refractivity contribution in [3.63, 3.8) is 0 Å². The van der Waals surface area contributed by atoms with Crippen LogP contribution in [0, 0.1) is 0 Å². The van der Waals surface area contributed by atoms with Gasteiger partial charge in [-0.1, -0.05) is 23.7 Å². The summed E-state index contributed by atoms with van der Waals surface area (Å²) >= 11 is 5.98. The number of benzene rings is 2. The van der Waals surface area contributed by atoms with Crippen molar-refractivity contribution in [3.8, 4) is 11.4 Å². The normalized spacial score (nSPS) is 10.8. The van der Waals surface area contributed by atoms with Crippen LogP contribution in [0.25, 0.3) is 5.69 Å². The van der Waals surface area contributed by atoms with Crippen molar-refractivity contribution in [1.29, 1.82) is 0 Å². The third kappa shape index (κ3) is 4.31. The summed E-state index contributed by atoms with van der Waals surface area (Å²) in [7, 11) is 0. The van der Waals surface area contributed by atoms with Gasteiger partial charge in [-0.3, -0.25) is 4.79 Å². The Labute approximate surface area is 151 Å². The van der Waals surface area contributed by atoms with Crippen molar-refractivity contribution in [1.82, 2.24) is 25.5 Å². The van der Waals surface area contributed by atoms with Gasteiger partial charge in [-0.05, 0) is 46.3 Å². The minimum absolute atomic E-state index is 0.0471. The van der Waals surface area contributed by atoms with Crippen LogP contribution in [0.3, 0.4) is 0 Å². The molecule has 0 fully saturated rings. The highest BCUT2D eigenvalue weighted by atomic mass is 35.5. The molecule has 0 bridgehead atoms. The quantitative estimate of drug-likeness (QED) is 0.712. The van der Waals surface area contributed by atoms with Gasteiger partial charge in [-0.15, -0.1) is 5.10 Å².